The highest BCUT2D eigenvalue weighted by Crippen LogP contribution is 2.16. The van der Waals surface area contributed by atoms with Crippen LogP contribution in [0.15, 0.2) is 97.6 Å². The fraction of sp³-hybridized carbons (Fsp3) is 0.267. The Labute approximate surface area is 228 Å². The van der Waals surface area contributed by atoms with Gasteiger partial charge in [0.25, 0.3) is 0 Å². The van der Waals surface area contributed by atoms with E-state index in [1.54, 1.807) is 24.3 Å². The van der Waals surface area contributed by atoms with Gasteiger partial charge in [0, 0.05) is 6.42 Å². The van der Waals surface area contributed by atoms with E-state index in [9.17, 15) is 9.59 Å². The lowest BCUT2D eigenvalue weighted by Gasteiger charge is -2.23. The molecule has 0 unspecified atom stereocenters. The molecule has 6 nitrogen and oxygen atoms in total. The third kappa shape index (κ3) is 7.17. The minimum Gasteiger partial charge on any atom is -0.290 e. The van der Waals surface area contributed by atoms with Crippen LogP contribution in [-0.4, -0.2) is 34.4 Å². The predicted molar refractivity (Wildman–Crippen MR) is 157 cm³/mol. The summed E-state index contributed by atoms with van der Waals surface area (Å²) in [4.78, 5) is 45.3. The second-order valence-electron chi connectivity index (χ2n) is 8.91. The number of hydrogen-bond donors (Lipinski definition) is 0. The van der Waals surface area contributed by atoms with Crippen LogP contribution in [0.25, 0.3) is 0 Å². The van der Waals surface area contributed by atoms with Crippen LogP contribution < -0.4 is 10.4 Å². The van der Waals surface area contributed by atoms with Crippen molar-refractivity contribution in [3.05, 3.63) is 109 Å². The lowest BCUT2D eigenvalue weighted by Crippen LogP contribution is -2.43. The fourth-order valence-electron chi connectivity index (χ4n) is 4.10. The van der Waals surface area contributed by atoms with Crippen LogP contribution in [0.1, 0.15) is 54.3 Å². The van der Waals surface area contributed by atoms with Gasteiger partial charge in [-0.25, -0.2) is 9.59 Å². The zero-order valence-electron chi connectivity index (χ0n) is 22.6. The molecular formula is C30H38O6Si2. The van der Waals surface area contributed by atoms with E-state index >= 15 is 0 Å². The summed E-state index contributed by atoms with van der Waals surface area (Å²) in [5, 5.41) is 2.21. The quantitative estimate of drug-likeness (QED) is 0.111. The van der Waals surface area contributed by atoms with E-state index in [4.69, 9.17) is 19.6 Å². The summed E-state index contributed by atoms with van der Waals surface area (Å²) in [5.74, 6) is -1.37. The Morgan fingerprint density at radius 2 is 1.03 bits per heavy atom. The van der Waals surface area contributed by atoms with Gasteiger partial charge in [-0.3, -0.25) is 9.78 Å². The highest BCUT2D eigenvalue weighted by molar-refractivity contribution is 7.00. The Kier molecular flexibility index (Phi) is 11.9. The molecule has 0 bridgehead atoms. The van der Waals surface area contributed by atoms with Gasteiger partial charge < -0.3 is 0 Å². The Hall–Kier alpha value is -3.31. The first-order valence-electron chi connectivity index (χ1n) is 12.8. The van der Waals surface area contributed by atoms with E-state index in [1.165, 1.54) is 0 Å². The summed E-state index contributed by atoms with van der Waals surface area (Å²) in [6.07, 6.45) is -0.0942. The molecule has 0 N–H and O–H groups in total. The van der Waals surface area contributed by atoms with Crippen molar-refractivity contribution in [3.63, 3.8) is 0 Å². The number of carbonyl (C=O) groups is 2. The predicted octanol–water partition coefficient (Wildman–Crippen LogP) is 5.94. The van der Waals surface area contributed by atoms with E-state index in [-0.39, 0.29) is 0 Å². The van der Waals surface area contributed by atoms with Crippen molar-refractivity contribution in [3.8, 4) is 0 Å². The summed E-state index contributed by atoms with van der Waals surface area (Å²) in [7, 11) is -4.00. The van der Waals surface area contributed by atoms with E-state index in [1.807, 2.05) is 54.0 Å². The molecule has 0 aliphatic heterocycles. The number of carbonyl (C=O) groups excluding carboxylic acids is 2. The van der Waals surface area contributed by atoms with Gasteiger partial charge >= 0.3 is 11.9 Å². The SMILES string of the molecule is C=C[Si](C=C)(CC)c1ccc(C(=O)OOC(CCC)OOC(=O)c2ccc([Si](C=C)(C=C)CC)cc2)cc1. The van der Waals surface area contributed by atoms with Crippen LogP contribution in [0, 0.1) is 0 Å². The zero-order chi connectivity index (χ0) is 28.2. The Bertz CT molecular complexity index is 1020. The Morgan fingerprint density at radius 1 is 0.684 bits per heavy atom. The first-order chi connectivity index (χ1) is 18.3. The molecule has 0 aliphatic rings. The highest BCUT2D eigenvalue weighted by Gasteiger charge is 2.27. The van der Waals surface area contributed by atoms with Gasteiger partial charge in [0.05, 0.1) is 11.1 Å². The lowest BCUT2D eigenvalue weighted by molar-refractivity contribution is -0.421. The van der Waals surface area contributed by atoms with E-state index in [0.717, 1.165) is 22.5 Å². The van der Waals surface area contributed by atoms with Crippen molar-refractivity contribution >= 4 is 38.5 Å². The fourth-order valence-corrected chi connectivity index (χ4v) is 8.92. The first kappa shape index (κ1) is 30.9. The van der Waals surface area contributed by atoms with E-state index in [2.05, 4.69) is 40.2 Å². The maximum Gasteiger partial charge on any atom is 0.373 e. The van der Waals surface area contributed by atoms with Crippen LogP contribution in [0.4, 0.5) is 0 Å². The summed E-state index contributed by atoms with van der Waals surface area (Å²) in [5.41, 5.74) is 8.53. The Morgan fingerprint density at radius 3 is 1.29 bits per heavy atom. The van der Waals surface area contributed by atoms with Gasteiger partial charge in [0.2, 0.25) is 6.29 Å². The molecule has 0 saturated heterocycles. The van der Waals surface area contributed by atoms with Gasteiger partial charge in [-0.15, -0.1) is 36.1 Å². The standard InChI is InChI=1S/C30H38O6Si2/c1-8-15-28(33-35-29(31)24-16-20-26(21-17-24)37(9-2,10-3)11-4)34-36-30(32)25-18-22-27(23-19-25)38(12-5,13-6)14-7/h9-10,12-13,16-23,28H,2-3,5-6,8,11,14-15H2,1,4,7H3. The van der Waals surface area contributed by atoms with Gasteiger partial charge in [-0.2, -0.15) is 0 Å². The molecule has 2 aromatic rings. The molecule has 202 valence electrons. The van der Waals surface area contributed by atoms with Crippen LogP contribution in [0.3, 0.4) is 0 Å². The molecule has 0 saturated carbocycles. The third-order valence-corrected chi connectivity index (χ3v) is 15.0. The normalized spacial score (nSPS) is 11.5. The van der Waals surface area contributed by atoms with Crippen LogP contribution in [0.5, 0.6) is 0 Å². The van der Waals surface area contributed by atoms with Crippen molar-refractivity contribution in [1.29, 1.82) is 0 Å². The molecule has 0 heterocycles. The number of rotatable bonds is 16. The largest absolute Gasteiger partial charge is 0.373 e. The second kappa shape index (κ2) is 14.6. The topological polar surface area (TPSA) is 71.1 Å². The van der Waals surface area contributed by atoms with Crippen molar-refractivity contribution in [2.45, 2.75) is 52.0 Å². The van der Waals surface area contributed by atoms with E-state index in [0.29, 0.717) is 24.0 Å². The molecule has 0 radical (unpaired) electrons. The van der Waals surface area contributed by atoms with Crippen LogP contribution in [0.2, 0.25) is 12.1 Å². The zero-order valence-corrected chi connectivity index (χ0v) is 24.6. The van der Waals surface area contributed by atoms with Gasteiger partial charge in [-0.1, -0.05) is 84.6 Å². The third-order valence-electron chi connectivity index (χ3n) is 6.93. The number of benzene rings is 2. The van der Waals surface area contributed by atoms with Crippen molar-refractivity contribution < 1.29 is 29.1 Å². The molecule has 0 amide bonds. The molecule has 0 spiro atoms. The second-order valence-corrected chi connectivity index (χ2v) is 17.3. The van der Waals surface area contributed by atoms with Gasteiger partial charge in [0.1, 0.15) is 16.1 Å². The minimum atomic E-state index is -2.00. The highest BCUT2D eigenvalue weighted by atomic mass is 28.3. The average Bonchev–Trinajstić information content (AvgIpc) is 2.97. The molecule has 2 rings (SSSR count). The average molecular weight is 551 g/mol. The maximum atomic E-state index is 12.5. The molecule has 0 aliphatic carbocycles. The molecule has 0 atom stereocenters. The van der Waals surface area contributed by atoms with Crippen molar-refractivity contribution in [2.75, 3.05) is 0 Å². The molecular weight excluding hydrogens is 512 g/mol. The lowest BCUT2D eigenvalue weighted by atomic mass is 10.2. The molecule has 0 fully saturated rings. The van der Waals surface area contributed by atoms with Crippen molar-refractivity contribution in [1.82, 2.24) is 0 Å². The molecule has 0 aromatic heterocycles. The Balaban J connectivity index is 1.98. The smallest absolute Gasteiger partial charge is 0.290 e. The summed E-state index contributed by atoms with van der Waals surface area (Å²) in [6.45, 7) is 22.0. The summed E-state index contributed by atoms with van der Waals surface area (Å²) < 4.78 is 0. The van der Waals surface area contributed by atoms with Gasteiger partial charge in [0.15, 0.2) is 0 Å². The van der Waals surface area contributed by atoms with Crippen molar-refractivity contribution in [2.24, 2.45) is 0 Å². The summed E-state index contributed by atoms with van der Waals surface area (Å²) in [6, 6.07) is 16.1. The van der Waals surface area contributed by atoms with Crippen LogP contribution in [-0.2, 0) is 19.6 Å². The minimum absolute atomic E-state index is 0.318. The number of hydrogen-bond acceptors (Lipinski definition) is 6. The molecule has 2 aromatic carbocycles. The first-order valence-corrected chi connectivity index (χ1v) is 17.5. The summed E-state index contributed by atoms with van der Waals surface area (Å²) >= 11 is 0. The molecule has 38 heavy (non-hydrogen) atoms. The van der Waals surface area contributed by atoms with E-state index < -0.39 is 34.4 Å². The monoisotopic (exact) mass is 550 g/mol. The molecule has 8 heteroatoms. The van der Waals surface area contributed by atoms with Crippen LogP contribution >= 0.6 is 0 Å². The van der Waals surface area contributed by atoms with Gasteiger partial charge in [-0.05, 0) is 36.4 Å². The maximum absolute atomic E-state index is 12.5.